The third-order valence-electron chi connectivity index (χ3n) is 4.08. The molecule has 3 rings (SSSR count). The van der Waals surface area contributed by atoms with Gasteiger partial charge in [0.1, 0.15) is 5.82 Å². The molecule has 3 aromatic rings. The number of carbonyl (C=O) groups is 1. The Morgan fingerprint density at radius 3 is 2.72 bits per heavy atom. The molecule has 0 fully saturated rings. The number of hydrogen-bond donors (Lipinski definition) is 4. The number of fused-ring (bicyclic) bond motifs is 1. The van der Waals surface area contributed by atoms with Crippen LogP contribution < -0.4 is 16.2 Å². The number of rotatable bonds is 4. The predicted molar refractivity (Wildman–Crippen MR) is 96.4 cm³/mol. The first-order chi connectivity index (χ1) is 11.9. The summed E-state index contributed by atoms with van der Waals surface area (Å²) in [6.45, 7) is 5.70. The number of aryl methyl sites for hydroxylation is 2. The van der Waals surface area contributed by atoms with Gasteiger partial charge in [-0.3, -0.25) is 4.79 Å². The molecule has 2 heterocycles. The minimum Gasteiger partial charge on any atom is -0.340 e. The van der Waals surface area contributed by atoms with Crippen molar-refractivity contribution in [1.82, 2.24) is 25.6 Å². The van der Waals surface area contributed by atoms with Crippen molar-refractivity contribution >= 4 is 17.1 Å². The number of hydrogen-bond acceptors (Lipinski definition) is 3. The van der Waals surface area contributed by atoms with Crippen LogP contribution in [-0.2, 0) is 6.54 Å². The van der Waals surface area contributed by atoms with Crippen LogP contribution >= 0.6 is 0 Å². The van der Waals surface area contributed by atoms with Gasteiger partial charge in [-0.15, -0.1) is 0 Å². The van der Waals surface area contributed by atoms with E-state index in [2.05, 4.69) is 25.6 Å². The third kappa shape index (κ3) is 3.71. The highest BCUT2D eigenvalue weighted by Gasteiger charge is 2.14. The van der Waals surface area contributed by atoms with Crippen molar-refractivity contribution in [2.75, 3.05) is 0 Å². The third-order valence-corrected chi connectivity index (χ3v) is 4.08. The molecule has 1 atom stereocenters. The lowest BCUT2D eigenvalue weighted by Crippen LogP contribution is -2.38. The summed E-state index contributed by atoms with van der Waals surface area (Å²) in [4.78, 5) is 34.5. The number of pyridine rings is 1. The Hall–Kier alpha value is -3.09. The lowest BCUT2D eigenvalue weighted by molar-refractivity contribution is 0.237. The summed E-state index contributed by atoms with van der Waals surface area (Å²) in [5, 5.41) is 5.54. The molecule has 0 saturated carbocycles. The minimum atomic E-state index is -0.354. The quantitative estimate of drug-likeness (QED) is 0.587. The second-order valence-electron chi connectivity index (χ2n) is 6.13. The fourth-order valence-electron chi connectivity index (χ4n) is 2.76. The average molecular weight is 339 g/mol. The van der Waals surface area contributed by atoms with Gasteiger partial charge in [0.25, 0.3) is 5.56 Å². The molecule has 0 bridgehead atoms. The second kappa shape index (κ2) is 6.80. The highest BCUT2D eigenvalue weighted by atomic mass is 16.2. The van der Waals surface area contributed by atoms with E-state index in [0.717, 1.165) is 22.3 Å². The maximum Gasteiger partial charge on any atom is 0.315 e. The Morgan fingerprint density at radius 1 is 1.24 bits per heavy atom. The summed E-state index contributed by atoms with van der Waals surface area (Å²) in [6, 6.07) is 8.93. The van der Waals surface area contributed by atoms with Gasteiger partial charge in [-0.2, -0.15) is 0 Å². The van der Waals surface area contributed by atoms with Gasteiger partial charge in [0.2, 0.25) is 0 Å². The van der Waals surface area contributed by atoms with Gasteiger partial charge in [0.15, 0.2) is 0 Å². The maximum atomic E-state index is 12.1. The molecule has 7 nitrogen and oxygen atoms in total. The maximum absolute atomic E-state index is 12.1. The van der Waals surface area contributed by atoms with Gasteiger partial charge in [0, 0.05) is 11.3 Å². The summed E-state index contributed by atoms with van der Waals surface area (Å²) >= 11 is 0. The van der Waals surface area contributed by atoms with E-state index in [1.807, 2.05) is 51.1 Å². The Labute approximate surface area is 144 Å². The summed E-state index contributed by atoms with van der Waals surface area (Å²) in [7, 11) is 0. The van der Waals surface area contributed by atoms with Gasteiger partial charge < -0.3 is 20.6 Å². The summed E-state index contributed by atoms with van der Waals surface area (Å²) < 4.78 is 0. The van der Waals surface area contributed by atoms with E-state index in [1.165, 1.54) is 0 Å². The van der Waals surface area contributed by atoms with Crippen LogP contribution in [0.2, 0.25) is 0 Å². The van der Waals surface area contributed by atoms with Crippen molar-refractivity contribution in [2.45, 2.75) is 33.4 Å². The number of imidazole rings is 1. The van der Waals surface area contributed by atoms with Crippen molar-refractivity contribution in [1.29, 1.82) is 0 Å². The van der Waals surface area contributed by atoms with E-state index in [4.69, 9.17) is 0 Å². The Kier molecular flexibility index (Phi) is 4.56. The number of benzene rings is 1. The molecule has 0 aliphatic carbocycles. The first-order valence-corrected chi connectivity index (χ1v) is 8.12. The van der Waals surface area contributed by atoms with E-state index in [1.54, 1.807) is 0 Å². The van der Waals surface area contributed by atoms with Crippen molar-refractivity contribution in [3.8, 4) is 0 Å². The zero-order valence-corrected chi connectivity index (χ0v) is 14.4. The Morgan fingerprint density at radius 2 is 2.00 bits per heavy atom. The lowest BCUT2D eigenvalue weighted by Gasteiger charge is -2.13. The summed E-state index contributed by atoms with van der Waals surface area (Å²) in [6.07, 6.45) is 0. The molecule has 25 heavy (non-hydrogen) atoms. The number of H-pyrrole nitrogens is 2. The van der Waals surface area contributed by atoms with Gasteiger partial charge in [-0.05, 0) is 44.5 Å². The molecule has 2 amide bonds. The van der Waals surface area contributed by atoms with Crippen LogP contribution in [0.3, 0.4) is 0 Å². The first-order valence-electron chi connectivity index (χ1n) is 8.12. The van der Waals surface area contributed by atoms with Gasteiger partial charge in [-0.25, -0.2) is 9.78 Å². The molecular formula is C18H21N5O2. The van der Waals surface area contributed by atoms with E-state index in [9.17, 15) is 9.59 Å². The number of carbonyl (C=O) groups excluding carboxylic acids is 1. The normalized spacial score (nSPS) is 12.1. The molecular weight excluding hydrogens is 318 g/mol. The van der Waals surface area contributed by atoms with Crippen LogP contribution in [0.5, 0.6) is 0 Å². The van der Waals surface area contributed by atoms with E-state index >= 15 is 0 Å². The first kappa shape index (κ1) is 16.8. The van der Waals surface area contributed by atoms with Crippen molar-refractivity contribution in [2.24, 2.45) is 0 Å². The molecule has 2 aromatic heterocycles. The highest BCUT2D eigenvalue weighted by Crippen LogP contribution is 2.15. The Bertz CT molecular complexity index is 940. The van der Waals surface area contributed by atoms with E-state index in [-0.39, 0.29) is 24.2 Å². The van der Waals surface area contributed by atoms with Crippen LogP contribution in [0.15, 0.2) is 35.1 Å². The molecule has 4 N–H and O–H groups in total. The monoisotopic (exact) mass is 339 g/mol. The molecule has 0 spiro atoms. The van der Waals surface area contributed by atoms with Crippen molar-refractivity contribution < 1.29 is 4.79 Å². The standard InChI is InChI=1S/C18H21N5O2/c1-10-8-11(2)20-17(24)13(10)9-19-18(25)21-12(3)16-22-14-6-4-5-7-15(14)23-16/h4-8,12H,9H2,1-3H3,(H,20,24)(H,22,23)(H2,19,21,25)/t12-/m1/s1. The van der Waals surface area contributed by atoms with Crippen LogP contribution in [0.25, 0.3) is 11.0 Å². The SMILES string of the molecule is Cc1cc(C)c(CNC(=O)N[C@H](C)c2nc3ccccc3[nH]2)c(=O)[nH]1. The number of nitrogens with one attached hydrogen (secondary N) is 4. The van der Waals surface area contributed by atoms with Gasteiger partial charge in [-0.1, -0.05) is 12.1 Å². The topological polar surface area (TPSA) is 103 Å². The zero-order valence-electron chi connectivity index (χ0n) is 14.4. The van der Waals surface area contributed by atoms with Crippen molar-refractivity contribution in [3.05, 3.63) is 63.3 Å². The predicted octanol–water partition coefficient (Wildman–Crippen LogP) is 2.43. The molecule has 130 valence electrons. The molecule has 0 radical (unpaired) electrons. The molecule has 0 aliphatic rings. The summed E-state index contributed by atoms with van der Waals surface area (Å²) in [5.74, 6) is 0.681. The molecule has 0 saturated heterocycles. The molecule has 0 unspecified atom stereocenters. The number of para-hydroxylation sites is 2. The minimum absolute atomic E-state index is 0.167. The largest absolute Gasteiger partial charge is 0.340 e. The van der Waals surface area contributed by atoms with Crippen LogP contribution in [0.4, 0.5) is 4.79 Å². The molecule has 0 aliphatic heterocycles. The van der Waals surface area contributed by atoms with Crippen LogP contribution in [0.1, 0.15) is 35.6 Å². The number of amides is 2. The van der Waals surface area contributed by atoms with Crippen molar-refractivity contribution in [3.63, 3.8) is 0 Å². The second-order valence-corrected chi connectivity index (χ2v) is 6.13. The molecule has 1 aromatic carbocycles. The molecule has 7 heteroatoms. The zero-order chi connectivity index (χ0) is 18.0. The van der Waals surface area contributed by atoms with E-state index in [0.29, 0.717) is 11.4 Å². The lowest BCUT2D eigenvalue weighted by atomic mass is 10.1. The number of aromatic amines is 2. The van der Waals surface area contributed by atoms with Gasteiger partial charge in [0.05, 0.1) is 23.6 Å². The number of urea groups is 1. The number of nitrogens with zero attached hydrogens (tertiary/aromatic N) is 1. The smallest absolute Gasteiger partial charge is 0.315 e. The van der Waals surface area contributed by atoms with Crippen LogP contribution in [-0.4, -0.2) is 21.0 Å². The summed E-state index contributed by atoms with van der Waals surface area (Å²) in [5.41, 5.74) is 3.81. The van der Waals surface area contributed by atoms with Gasteiger partial charge >= 0.3 is 6.03 Å². The highest BCUT2D eigenvalue weighted by molar-refractivity contribution is 5.76. The fourth-order valence-corrected chi connectivity index (χ4v) is 2.76. The van der Waals surface area contributed by atoms with Crippen LogP contribution in [0, 0.1) is 13.8 Å². The average Bonchev–Trinajstić information content (AvgIpc) is 2.98. The fraction of sp³-hybridized carbons (Fsp3) is 0.278. The number of aromatic nitrogens is 3. The van der Waals surface area contributed by atoms with E-state index < -0.39 is 0 Å². The Balaban J connectivity index is 1.63.